The molecule has 0 bridgehead atoms. The molecule has 0 amide bonds. The molecule has 0 saturated carbocycles. The van der Waals surface area contributed by atoms with Gasteiger partial charge in [0.1, 0.15) is 5.75 Å². The molecule has 0 aliphatic heterocycles. The van der Waals surface area contributed by atoms with Gasteiger partial charge in [0.2, 0.25) is 0 Å². The Bertz CT molecular complexity index is 445. The van der Waals surface area contributed by atoms with E-state index < -0.39 is 7.54 Å². The Morgan fingerprint density at radius 2 is 1.21 bits per heavy atom. The van der Waals surface area contributed by atoms with Gasteiger partial charge in [-0.2, -0.15) is 0 Å². The summed E-state index contributed by atoms with van der Waals surface area (Å²) in [6.07, 6.45) is 0. The van der Waals surface area contributed by atoms with Gasteiger partial charge in [-0.05, 0) is 23.3 Å². The van der Waals surface area contributed by atoms with Crippen LogP contribution in [0.4, 0.5) is 12.9 Å². The van der Waals surface area contributed by atoms with Crippen molar-refractivity contribution in [2.75, 3.05) is 7.11 Å². The van der Waals surface area contributed by atoms with Gasteiger partial charge in [-0.15, -0.1) is 0 Å². The van der Waals surface area contributed by atoms with E-state index in [9.17, 15) is 12.9 Å². The predicted octanol–water partition coefficient (Wildman–Crippen LogP) is 1.25. The lowest BCUT2D eigenvalue weighted by Gasteiger charge is -2.02. The van der Waals surface area contributed by atoms with Gasteiger partial charge in [-0.25, -0.2) is 0 Å². The molecule has 19 heavy (non-hydrogen) atoms. The van der Waals surface area contributed by atoms with E-state index in [2.05, 4.69) is 24.3 Å². The highest BCUT2D eigenvalue weighted by molar-refractivity contribution is 6.33. The Morgan fingerprint density at radius 3 is 1.63 bits per heavy atom. The van der Waals surface area contributed by atoms with Gasteiger partial charge in [-0.3, -0.25) is 12.9 Å². The van der Waals surface area contributed by atoms with Gasteiger partial charge in [0, 0.05) is 0 Å². The smallest absolute Gasteiger partial charge is 0.762 e. The summed E-state index contributed by atoms with van der Waals surface area (Å²) in [5.74, 6) is 0.893. The summed E-state index contributed by atoms with van der Waals surface area (Å²) in [6.45, 7) is 0. The Balaban J connectivity index is 0.000000576. The molecule has 0 heterocycles. The lowest BCUT2D eigenvalue weighted by atomic mass is 10.1. The Kier molecular flexibility index (Phi) is 8.08. The molecule has 0 aromatic heterocycles. The number of rotatable bonds is 2. The summed E-state index contributed by atoms with van der Waals surface area (Å²) in [4.78, 5) is 0. The van der Waals surface area contributed by atoms with Gasteiger partial charge in [0.05, 0.1) is 7.11 Å². The number of benzene rings is 2. The van der Waals surface area contributed by atoms with E-state index in [0.29, 0.717) is 0 Å². The van der Waals surface area contributed by atoms with Crippen LogP contribution in [0.3, 0.4) is 0 Å². The normalized spacial score (nSPS) is 8.63. The van der Waals surface area contributed by atoms with Crippen LogP contribution in [0.15, 0.2) is 54.6 Å². The van der Waals surface area contributed by atoms with E-state index in [1.165, 1.54) is 11.1 Å². The molecule has 2 aromatic carbocycles. The molecule has 0 saturated heterocycles. The fourth-order valence-corrected chi connectivity index (χ4v) is 1.41. The SMILES string of the molecule is COc1ccc(-c2ccccc2)cc1.FB(F)F.[F-]. The topological polar surface area (TPSA) is 9.23 Å². The zero-order valence-electron chi connectivity index (χ0n) is 10.2. The molecular weight excluding hydrogens is 259 g/mol. The van der Waals surface area contributed by atoms with Gasteiger partial charge in [-0.1, -0.05) is 42.5 Å². The zero-order valence-corrected chi connectivity index (χ0v) is 10.2. The molecule has 2 aromatic rings. The molecule has 0 spiro atoms. The second-order valence-electron chi connectivity index (χ2n) is 3.34. The summed E-state index contributed by atoms with van der Waals surface area (Å²) < 4.78 is 34.1. The van der Waals surface area contributed by atoms with E-state index in [-0.39, 0.29) is 4.70 Å². The zero-order chi connectivity index (χ0) is 13.4. The van der Waals surface area contributed by atoms with Crippen molar-refractivity contribution in [3.63, 3.8) is 0 Å². The maximum absolute atomic E-state index is 9.67. The fraction of sp³-hybridized carbons (Fsp3) is 0.0769. The fourth-order valence-electron chi connectivity index (χ4n) is 1.41. The monoisotopic (exact) mass is 271 g/mol. The van der Waals surface area contributed by atoms with E-state index in [0.717, 1.165) is 5.75 Å². The van der Waals surface area contributed by atoms with Crippen molar-refractivity contribution >= 4 is 7.54 Å². The molecule has 0 N–H and O–H groups in total. The highest BCUT2D eigenvalue weighted by Gasteiger charge is 2.06. The third-order valence-electron chi connectivity index (χ3n) is 2.20. The van der Waals surface area contributed by atoms with Gasteiger partial charge in [0.25, 0.3) is 0 Å². The third kappa shape index (κ3) is 6.50. The van der Waals surface area contributed by atoms with Crippen LogP contribution in [0.1, 0.15) is 0 Å². The number of hydrogen-bond acceptors (Lipinski definition) is 1. The molecule has 1 nitrogen and oxygen atoms in total. The van der Waals surface area contributed by atoms with Crippen molar-refractivity contribution in [3.8, 4) is 16.9 Å². The molecule has 0 aliphatic rings. The minimum absolute atomic E-state index is 0. The summed E-state index contributed by atoms with van der Waals surface area (Å²) in [5, 5.41) is 0. The quantitative estimate of drug-likeness (QED) is 0.590. The minimum atomic E-state index is -3.67. The molecule has 102 valence electrons. The Labute approximate surface area is 109 Å². The highest BCUT2D eigenvalue weighted by atomic mass is 19.4. The van der Waals surface area contributed by atoms with Crippen molar-refractivity contribution in [2.45, 2.75) is 0 Å². The number of halogens is 4. The van der Waals surface area contributed by atoms with E-state index >= 15 is 0 Å². The number of ether oxygens (including phenoxy) is 1. The van der Waals surface area contributed by atoms with Crippen LogP contribution in [-0.4, -0.2) is 14.7 Å². The van der Waals surface area contributed by atoms with Gasteiger partial charge >= 0.3 is 7.54 Å². The highest BCUT2D eigenvalue weighted by Crippen LogP contribution is 2.21. The first-order valence-corrected chi connectivity index (χ1v) is 5.25. The average Bonchev–Trinajstić information content (AvgIpc) is 2.39. The van der Waals surface area contributed by atoms with Crippen LogP contribution in [0.2, 0.25) is 0 Å². The van der Waals surface area contributed by atoms with Crippen LogP contribution in [0.5, 0.6) is 5.75 Å². The first-order chi connectivity index (χ1) is 8.63. The van der Waals surface area contributed by atoms with E-state index in [1.54, 1.807) is 7.11 Å². The molecule has 0 atom stereocenters. The average molecular weight is 271 g/mol. The predicted molar refractivity (Wildman–Crippen MR) is 67.5 cm³/mol. The standard InChI is InChI=1S/C13H12O.BF3.FH/c1-14-13-9-7-12(8-10-13)11-5-3-2-4-6-11;2-1(3)4;/h2-10H,1H3;;1H/p-1. The number of hydrogen-bond donors (Lipinski definition) is 0. The van der Waals surface area contributed by atoms with Crippen LogP contribution in [0, 0.1) is 0 Å². The van der Waals surface area contributed by atoms with Crippen molar-refractivity contribution < 1.29 is 22.4 Å². The van der Waals surface area contributed by atoms with Crippen molar-refractivity contribution in [1.82, 2.24) is 0 Å². The van der Waals surface area contributed by atoms with Crippen LogP contribution >= 0.6 is 0 Å². The molecule has 6 heteroatoms. The molecule has 2 rings (SSSR count). The summed E-state index contributed by atoms with van der Waals surface area (Å²) in [5.41, 5.74) is 2.45. The molecule has 0 unspecified atom stereocenters. The summed E-state index contributed by atoms with van der Waals surface area (Å²) in [7, 11) is -1.99. The van der Waals surface area contributed by atoms with Crippen LogP contribution in [-0.2, 0) is 0 Å². The summed E-state index contributed by atoms with van der Waals surface area (Å²) >= 11 is 0. The van der Waals surface area contributed by atoms with Crippen molar-refractivity contribution in [2.24, 2.45) is 0 Å². The Hall–Kier alpha value is -1.98. The lowest BCUT2D eigenvalue weighted by molar-refractivity contribution is -0.00000670. The molecular formula is C13H12BF4O-. The summed E-state index contributed by atoms with van der Waals surface area (Å²) in [6, 6.07) is 18.4. The minimum Gasteiger partial charge on any atom is -1.00 e. The second-order valence-corrected chi connectivity index (χ2v) is 3.34. The molecule has 0 radical (unpaired) electrons. The van der Waals surface area contributed by atoms with E-state index in [4.69, 9.17) is 4.74 Å². The first kappa shape index (κ1) is 17.0. The van der Waals surface area contributed by atoms with Crippen LogP contribution < -0.4 is 9.44 Å². The maximum Gasteiger partial charge on any atom is 0.762 e. The van der Waals surface area contributed by atoms with Gasteiger partial charge in [0.15, 0.2) is 0 Å². The van der Waals surface area contributed by atoms with Crippen LogP contribution in [0.25, 0.3) is 11.1 Å². The largest absolute Gasteiger partial charge is 1.00 e. The molecule has 0 fully saturated rings. The number of methoxy groups -OCH3 is 1. The van der Waals surface area contributed by atoms with Crippen molar-refractivity contribution in [3.05, 3.63) is 54.6 Å². The first-order valence-electron chi connectivity index (χ1n) is 5.25. The van der Waals surface area contributed by atoms with Gasteiger partial charge < -0.3 is 9.44 Å². The second kappa shape index (κ2) is 9.02. The van der Waals surface area contributed by atoms with Crippen molar-refractivity contribution in [1.29, 1.82) is 0 Å². The van der Waals surface area contributed by atoms with E-state index in [1.807, 2.05) is 30.3 Å². The maximum atomic E-state index is 9.67. The third-order valence-corrected chi connectivity index (χ3v) is 2.20. The molecule has 0 aliphatic carbocycles. The lowest BCUT2D eigenvalue weighted by Crippen LogP contribution is -3.00. The Morgan fingerprint density at radius 1 is 0.789 bits per heavy atom.